The van der Waals surface area contributed by atoms with Crippen molar-refractivity contribution in [1.29, 1.82) is 0 Å². The molecule has 0 saturated carbocycles. The van der Waals surface area contributed by atoms with E-state index in [2.05, 4.69) is 69.9 Å². The summed E-state index contributed by atoms with van der Waals surface area (Å²) in [6, 6.07) is 23.7. The second kappa shape index (κ2) is 10.4. The summed E-state index contributed by atoms with van der Waals surface area (Å²) in [7, 11) is 2.08. The number of para-hydroxylation sites is 2. The number of likely N-dealkylation sites (N-methyl/N-ethyl adjacent to an activating group) is 1. The van der Waals surface area contributed by atoms with Gasteiger partial charge in [0.25, 0.3) is 5.69 Å². The Labute approximate surface area is 210 Å². The number of aromatic nitrogens is 1. The number of nitro benzene ring substituents is 1. The summed E-state index contributed by atoms with van der Waals surface area (Å²) < 4.78 is 2.38. The first kappa shape index (κ1) is 23.8. The number of piperazine rings is 1. The summed E-state index contributed by atoms with van der Waals surface area (Å²) in [5.41, 5.74) is 3.54. The number of fused-ring (bicyclic) bond motifs is 3. The van der Waals surface area contributed by atoms with Gasteiger partial charge in [0.15, 0.2) is 0 Å². The number of rotatable bonds is 8. The summed E-state index contributed by atoms with van der Waals surface area (Å²) in [6.07, 6.45) is 0.501. The minimum atomic E-state index is -0.389. The van der Waals surface area contributed by atoms with Gasteiger partial charge in [-0.25, -0.2) is 0 Å². The SMILES string of the molecule is CN(CCC(=O)N1CCN(c2ccc([N+](=O)[O-])cc2)CC1)CCn1c2ccccc2c2ccccc21. The third kappa shape index (κ3) is 4.90. The van der Waals surface area contributed by atoms with E-state index in [1.54, 1.807) is 12.1 Å². The molecule has 0 bridgehead atoms. The maximum atomic E-state index is 12.8. The molecule has 0 atom stereocenters. The van der Waals surface area contributed by atoms with Gasteiger partial charge in [-0.1, -0.05) is 36.4 Å². The van der Waals surface area contributed by atoms with E-state index in [4.69, 9.17) is 0 Å². The van der Waals surface area contributed by atoms with Crippen LogP contribution in [0, 0.1) is 10.1 Å². The van der Waals surface area contributed by atoms with Crippen molar-refractivity contribution in [1.82, 2.24) is 14.4 Å². The predicted octanol–water partition coefficient (Wildman–Crippen LogP) is 4.37. The molecule has 1 aromatic heterocycles. The monoisotopic (exact) mass is 485 g/mol. The van der Waals surface area contributed by atoms with Crippen LogP contribution in [-0.2, 0) is 11.3 Å². The fraction of sp³-hybridized carbons (Fsp3) is 0.321. The van der Waals surface area contributed by atoms with Crippen LogP contribution >= 0.6 is 0 Å². The molecule has 4 aromatic rings. The second-order valence-corrected chi connectivity index (χ2v) is 9.38. The van der Waals surface area contributed by atoms with Crippen molar-refractivity contribution < 1.29 is 9.72 Å². The van der Waals surface area contributed by atoms with Crippen molar-refractivity contribution in [2.45, 2.75) is 13.0 Å². The number of amides is 1. The van der Waals surface area contributed by atoms with Gasteiger partial charge in [-0.15, -0.1) is 0 Å². The Hall–Kier alpha value is -3.91. The molecular weight excluding hydrogens is 454 g/mol. The van der Waals surface area contributed by atoms with Crippen molar-refractivity contribution in [3.63, 3.8) is 0 Å². The molecule has 1 saturated heterocycles. The highest BCUT2D eigenvalue weighted by Crippen LogP contribution is 2.28. The summed E-state index contributed by atoms with van der Waals surface area (Å²) in [4.78, 5) is 29.7. The molecule has 186 valence electrons. The highest BCUT2D eigenvalue weighted by molar-refractivity contribution is 6.07. The molecule has 2 heterocycles. The molecule has 36 heavy (non-hydrogen) atoms. The predicted molar refractivity (Wildman–Crippen MR) is 143 cm³/mol. The van der Waals surface area contributed by atoms with Gasteiger partial charge in [0.2, 0.25) is 5.91 Å². The minimum absolute atomic E-state index is 0.0924. The second-order valence-electron chi connectivity index (χ2n) is 9.38. The van der Waals surface area contributed by atoms with Gasteiger partial charge < -0.3 is 19.3 Å². The quantitative estimate of drug-likeness (QED) is 0.274. The van der Waals surface area contributed by atoms with Crippen molar-refractivity contribution in [3.05, 3.63) is 82.9 Å². The summed E-state index contributed by atoms with van der Waals surface area (Å²) >= 11 is 0. The Balaban J connectivity index is 1.11. The van der Waals surface area contributed by atoms with Gasteiger partial charge in [0, 0.05) is 91.9 Å². The summed E-state index contributed by atoms with van der Waals surface area (Å²) in [5, 5.41) is 13.4. The van der Waals surface area contributed by atoms with E-state index < -0.39 is 0 Å². The van der Waals surface area contributed by atoms with Gasteiger partial charge in [0.05, 0.1) is 4.92 Å². The van der Waals surface area contributed by atoms with Crippen LogP contribution in [0.25, 0.3) is 21.8 Å². The molecule has 0 unspecified atom stereocenters. The average Bonchev–Trinajstić information content (AvgIpc) is 3.24. The van der Waals surface area contributed by atoms with E-state index in [9.17, 15) is 14.9 Å². The number of carbonyl (C=O) groups excluding carboxylic acids is 1. The molecular formula is C28H31N5O3. The number of anilines is 1. The number of carbonyl (C=O) groups is 1. The molecule has 0 spiro atoms. The molecule has 0 aliphatic carbocycles. The summed E-state index contributed by atoms with van der Waals surface area (Å²) in [5.74, 6) is 0.182. The lowest BCUT2D eigenvalue weighted by atomic mass is 10.2. The fourth-order valence-electron chi connectivity index (χ4n) is 5.07. The Kier molecular flexibility index (Phi) is 6.86. The molecule has 1 fully saturated rings. The highest BCUT2D eigenvalue weighted by Gasteiger charge is 2.22. The van der Waals surface area contributed by atoms with Crippen LogP contribution in [0.3, 0.4) is 0 Å². The van der Waals surface area contributed by atoms with E-state index in [1.165, 1.54) is 33.9 Å². The normalized spacial score (nSPS) is 14.2. The number of hydrogen-bond donors (Lipinski definition) is 0. The number of non-ortho nitro benzene ring substituents is 1. The Morgan fingerprint density at radius 2 is 1.44 bits per heavy atom. The van der Waals surface area contributed by atoms with Gasteiger partial charge in [-0.05, 0) is 31.3 Å². The average molecular weight is 486 g/mol. The number of nitrogens with zero attached hydrogens (tertiary/aromatic N) is 5. The zero-order chi connectivity index (χ0) is 25.1. The minimum Gasteiger partial charge on any atom is -0.368 e. The molecule has 1 amide bonds. The van der Waals surface area contributed by atoms with Gasteiger partial charge in [0.1, 0.15) is 0 Å². The van der Waals surface area contributed by atoms with Gasteiger partial charge in [-0.2, -0.15) is 0 Å². The maximum Gasteiger partial charge on any atom is 0.269 e. The molecule has 1 aliphatic heterocycles. The third-order valence-electron chi connectivity index (χ3n) is 7.15. The van der Waals surface area contributed by atoms with Crippen LogP contribution in [-0.4, -0.2) is 71.5 Å². The standard InChI is InChI=1S/C28H31N5O3/c1-29(16-21-32-26-8-4-2-6-24(26)25-7-3-5-9-27(25)32)15-14-28(34)31-19-17-30(18-20-31)22-10-12-23(13-11-22)33(35)36/h2-13H,14-21H2,1H3. The maximum absolute atomic E-state index is 12.8. The number of benzene rings is 3. The smallest absolute Gasteiger partial charge is 0.269 e. The lowest BCUT2D eigenvalue weighted by molar-refractivity contribution is -0.384. The Morgan fingerprint density at radius 3 is 2.03 bits per heavy atom. The zero-order valence-corrected chi connectivity index (χ0v) is 20.5. The van der Waals surface area contributed by atoms with Gasteiger partial charge in [-0.3, -0.25) is 14.9 Å². The van der Waals surface area contributed by atoms with Crippen molar-refractivity contribution in [3.8, 4) is 0 Å². The van der Waals surface area contributed by atoms with Crippen LogP contribution in [0.1, 0.15) is 6.42 Å². The van der Waals surface area contributed by atoms with Crippen molar-refractivity contribution in [2.24, 2.45) is 0 Å². The Morgan fingerprint density at radius 1 is 0.861 bits per heavy atom. The van der Waals surface area contributed by atoms with E-state index >= 15 is 0 Å². The lowest BCUT2D eigenvalue weighted by Gasteiger charge is -2.36. The number of nitro groups is 1. The van der Waals surface area contributed by atoms with Crippen LogP contribution < -0.4 is 4.90 Å². The molecule has 0 radical (unpaired) electrons. The molecule has 8 nitrogen and oxygen atoms in total. The summed E-state index contributed by atoms with van der Waals surface area (Å²) in [6.45, 7) is 5.25. The molecule has 3 aromatic carbocycles. The molecule has 5 rings (SSSR count). The number of hydrogen-bond acceptors (Lipinski definition) is 5. The molecule has 0 N–H and O–H groups in total. The first-order chi connectivity index (χ1) is 17.5. The first-order valence-electron chi connectivity index (χ1n) is 12.4. The van der Waals surface area contributed by atoms with Gasteiger partial charge >= 0.3 is 0 Å². The van der Waals surface area contributed by atoms with E-state index in [0.29, 0.717) is 19.5 Å². The molecule has 1 aliphatic rings. The highest BCUT2D eigenvalue weighted by atomic mass is 16.6. The van der Waals surface area contributed by atoms with Crippen LogP contribution in [0.15, 0.2) is 72.8 Å². The largest absolute Gasteiger partial charge is 0.368 e. The first-order valence-corrected chi connectivity index (χ1v) is 12.4. The van der Waals surface area contributed by atoms with Crippen LogP contribution in [0.5, 0.6) is 0 Å². The Bertz CT molecular complexity index is 1320. The van der Waals surface area contributed by atoms with Crippen LogP contribution in [0.4, 0.5) is 11.4 Å². The van der Waals surface area contributed by atoms with Crippen molar-refractivity contribution >= 4 is 39.1 Å². The third-order valence-corrected chi connectivity index (χ3v) is 7.15. The fourth-order valence-corrected chi connectivity index (χ4v) is 5.07. The van der Waals surface area contributed by atoms with Crippen molar-refractivity contribution in [2.75, 3.05) is 51.2 Å². The topological polar surface area (TPSA) is 74.9 Å². The lowest BCUT2D eigenvalue weighted by Crippen LogP contribution is -2.49. The van der Waals surface area contributed by atoms with E-state index in [0.717, 1.165) is 38.4 Å². The zero-order valence-electron chi connectivity index (χ0n) is 20.5. The van der Waals surface area contributed by atoms with E-state index in [-0.39, 0.29) is 16.5 Å². The van der Waals surface area contributed by atoms with E-state index in [1.807, 2.05) is 4.90 Å². The van der Waals surface area contributed by atoms with Crippen LogP contribution in [0.2, 0.25) is 0 Å². The molecule has 8 heteroatoms.